The minimum atomic E-state index is 0.208. The number of likely N-dealkylation sites (tertiary alicyclic amines) is 1. The summed E-state index contributed by atoms with van der Waals surface area (Å²) in [6.07, 6.45) is 2.54. The number of rotatable bonds is 6. The molecular weight excluding hydrogens is 204 g/mol. The van der Waals surface area contributed by atoms with Crippen LogP contribution in [0.25, 0.3) is 0 Å². The maximum Gasteiger partial charge on any atom is 0.225 e. The first-order valence-electron chi connectivity index (χ1n) is 6.26. The minimum absolute atomic E-state index is 0.208. The molecule has 0 spiro atoms. The Kier molecular flexibility index (Phi) is 5.77. The number of hydrogen-bond acceptors (Lipinski definition) is 3. The van der Waals surface area contributed by atoms with E-state index in [9.17, 15) is 4.79 Å². The van der Waals surface area contributed by atoms with Crippen molar-refractivity contribution in [3.8, 4) is 0 Å². The van der Waals surface area contributed by atoms with Gasteiger partial charge in [-0.25, -0.2) is 0 Å². The van der Waals surface area contributed by atoms with Gasteiger partial charge in [-0.2, -0.15) is 0 Å². The number of hydrogen-bond donors (Lipinski definition) is 1. The lowest BCUT2D eigenvalue weighted by Gasteiger charge is -2.21. The van der Waals surface area contributed by atoms with Crippen LogP contribution in [0.2, 0.25) is 0 Å². The molecule has 0 aromatic rings. The molecule has 4 nitrogen and oxygen atoms in total. The van der Waals surface area contributed by atoms with Gasteiger partial charge in [0.15, 0.2) is 0 Å². The Labute approximate surface area is 98.1 Å². The summed E-state index contributed by atoms with van der Waals surface area (Å²) in [5.74, 6) is 0.690. The highest BCUT2D eigenvalue weighted by Crippen LogP contribution is 2.22. The van der Waals surface area contributed by atoms with E-state index in [4.69, 9.17) is 10.5 Å². The molecule has 4 heteroatoms. The van der Waals surface area contributed by atoms with Gasteiger partial charge in [0, 0.05) is 19.2 Å². The van der Waals surface area contributed by atoms with Crippen LogP contribution in [-0.4, -0.2) is 43.2 Å². The molecule has 2 atom stereocenters. The van der Waals surface area contributed by atoms with Gasteiger partial charge in [0.25, 0.3) is 0 Å². The molecule has 2 N–H and O–H groups in total. The molecule has 0 radical (unpaired) electrons. The van der Waals surface area contributed by atoms with Gasteiger partial charge < -0.3 is 15.4 Å². The Morgan fingerprint density at radius 1 is 1.50 bits per heavy atom. The molecule has 16 heavy (non-hydrogen) atoms. The first-order chi connectivity index (χ1) is 7.69. The molecule has 1 aliphatic heterocycles. The van der Waals surface area contributed by atoms with Crippen molar-refractivity contribution in [1.82, 2.24) is 4.90 Å². The fourth-order valence-electron chi connectivity index (χ4n) is 2.21. The summed E-state index contributed by atoms with van der Waals surface area (Å²) >= 11 is 0. The van der Waals surface area contributed by atoms with Crippen molar-refractivity contribution in [2.24, 2.45) is 11.7 Å². The van der Waals surface area contributed by atoms with Crippen LogP contribution in [0.15, 0.2) is 0 Å². The zero-order valence-electron chi connectivity index (χ0n) is 10.4. The van der Waals surface area contributed by atoms with Crippen molar-refractivity contribution in [2.75, 3.05) is 26.3 Å². The SMILES string of the molecule is CCCOCCC(=O)N1CC(CN)CC1C. The van der Waals surface area contributed by atoms with E-state index in [0.29, 0.717) is 31.5 Å². The number of ether oxygens (including phenoxy) is 1. The van der Waals surface area contributed by atoms with Gasteiger partial charge in [-0.1, -0.05) is 6.92 Å². The number of amides is 1. The molecule has 1 rings (SSSR count). The lowest BCUT2D eigenvalue weighted by atomic mass is 10.1. The minimum Gasteiger partial charge on any atom is -0.381 e. The maximum absolute atomic E-state index is 11.9. The topological polar surface area (TPSA) is 55.6 Å². The molecule has 0 saturated carbocycles. The summed E-state index contributed by atoms with van der Waals surface area (Å²) in [6.45, 7) is 6.96. The Balaban J connectivity index is 2.25. The molecule has 1 fully saturated rings. The van der Waals surface area contributed by atoms with E-state index in [0.717, 1.165) is 26.0 Å². The largest absolute Gasteiger partial charge is 0.381 e. The molecule has 0 aromatic carbocycles. The van der Waals surface area contributed by atoms with E-state index < -0.39 is 0 Å². The van der Waals surface area contributed by atoms with Crippen LogP contribution in [0, 0.1) is 5.92 Å². The van der Waals surface area contributed by atoms with Gasteiger partial charge in [-0.15, -0.1) is 0 Å². The van der Waals surface area contributed by atoms with Crippen molar-refractivity contribution in [3.05, 3.63) is 0 Å². The predicted octanol–water partition coefficient (Wildman–Crippen LogP) is 0.999. The van der Waals surface area contributed by atoms with Gasteiger partial charge in [-0.3, -0.25) is 4.79 Å². The molecule has 1 saturated heterocycles. The van der Waals surface area contributed by atoms with Crippen LogP contribution >= 0.6 is 0 Å². The molecule has 2 unspecified atom stereocenters. The monoisotopic (exact) mass is 228 g/mol. The Morgan fingerprint density at radius 2 is 2.25 bits per heavy atom. The highest BCUT2D eigenvalue weighted by Gasteiger charge is 2.30. The number of nitrogens with two attached hydrogens (primary N) is 1. The van der Waals surface area contributed by atoms with Crippen molar-refractivity contribution in [2.45, 2.75) is 39.2 Å². The van der Waals surface area contributed by atoms with E-state index in [2.05, 4.69) is 13.8 Å². The first kappa shape index (κ1) is 13.5. The third-order valence-corrected chi connectivity index (χ3v) is 3.12. The molecule has 1 heterocycles. The second-order valence-electron chi connectivity index (χ2n) is 4.59. The standard InChI is InChI=1S/C12H24N2O2/c1-3-5-16-6-4-12(15)14-9-11(8-13)7-10(14)2/h10-11H,3-9,13H2,1-2H3. The molecular formula is C12H24N2O2. The first-order valence-corrected chi connectivity index (χ1v) is 6.26. The summed E-state index contributed by atoms with van der Waals surface area (Å²) < 4.78 is 5.33. The van der Waals surface area contributed by atoms with E-state index in [1.165, 1.54) is 0 Å². The van der Waals surface area contributed by atoms with E-state index in [-0.39, 0.29) is 5.91 Å². The van der Waals surface area contributed by atoms with Crippen LogP contribution in [0.3, 0.4) is 0 Å². The Bertz CT molecular complexity index is 221. The number of carbonyl (C=O) groups is 1. The predicted molar refractivity (Wildman–Crippen MR) is 64.1 cm³/mol. The Hall–Kier alpha value is -0.610. The Morgan fingerprint density at radius 3 is 2.81 bits per heavy atom. The van der Waals surface area contributed by atoms with Crippen molar-refractivity contribution in [3.63, 3.8) is 0 Å². The maximum atomic E-state index is 11.9. The number of nitrogens with zero attached hydrogens (tertiary/aromatic N) is 1. The summed E-state index contributed by atoms with van der Waals surface area (Å²) in [5, 5.41) is 0. The molecule has 0 bridgehead atoms. The van der Waals surface area contributed by atoms with Crippen LogP contribution in [0.5, 0.6) is 0 Å². The third kappa shape index (κ3) is 3.76. The third-order valence-electron chi connectivity index (χ3n) is 3.12. The van der Waals surface area contributed by atoms with Crippen molar-refractivity contribution in [1.29, 1.82) is 0 Å². The van der Waals surface area contributed by atoms with Gasteiger partial charge in [-0.05, 0) is 32.2 Å². The van der Waals surface area contributed by atoms with Crippen LogP contribution in [-0.2, 0) is 9.53 Å². The molecule has 1 aliphatic rings. The van der Waals surface area contributed by atoms with E-state index in [1.54, 1.807) is 0 Å². The van der Waals surface area contributed by atoms with Crippen LogP contribution in [0.4, 0.5) is 0 Å². The van der Waals surface area contributed by atoms with Crippen molar-refractivity contribution >= 4 is 5.91 Å². The van der Waals surface area contributed by atoms with E-state index >= 15 is 0 Å². The second-order valence-corrected chi connectivity index (χ2v) is 4.59. The normalized spacial score (nSPS) is 25.1. The summed E-state index contributed by atoms with van der Waals surface area (Å²) in [6, 6.07) is 0.340. The van der Waals surface area contributed by atoms with Gasteiger partial charge in [0.05, 0.1) is 13.0 Å². The zero-order chi connectivity index (χ0) is 12.0. The highest BCUT2D eigenvalue weighted by atomic mass is 16.5. The molecule has 94 valence electrons. The van der Waals surface area contributed by atoms with Gasteiger partial charge in [0.1, 0.15) is 0 Å². The molecule has 1 amide bonds. The lowest BCUT2D eigenvalue weighted by Crippen LogP contribution is -2.35. The quantitative estimate of drug-likeness (QED) is 0.690. The van der Waals surface area contributed by atoms with Crippen molar-refractivity contribution < 1.29 is 9.53 Å². The average Bonchev–Trinajstić information content (AvgIpc) is 2.66. The van der Waals surface area contributed by atoms with Crippen LogP contribution in [0.1, 0.15) is 33.1 Å². The molecule has 0 aromatic heterocycles. The zero-order valence-corrected chi connectivity index (χ0v) is 10.4. The number of carbonyl (C=O) groups excluding carboxylic acids is 1. The highest BCUT2D eigenvalue weighted by molar-refractivity contribution is 5.76. The smallest absolute Gasteiger partial charge is 0.225 e. The molecule has 0 aliphatic carbocycles. The summed E-state index contributed by atoms with van der Waals surface area (Å²) in [4.78, 5) is 13.8. The van der Waals surface area contributed by atoms with E-state index in [1.807, 2.05) is 4.90 Å². The average molecular weight is 228 g/mol. The van der Waals surface area contributed by atoms with Crippen LogP contribution < -0.4 is 5.73 Å². The van der Waals surface area contributed by atoms with Gasteiger partial charge in [0.2, 0.25) is 5.91 Å². The second kappa shape index (κ2) is 6.86. The summed E-state index contributed by atoms with van der Waals surface area (Å²) in [7, 11) is 0. The lowest BCUT2D eigenvalue weighted by molar-refractivity contribution is -0.133. The fraction of sp³-hybridized carbons (Fsp3) is 0.917. The van der Waals surface area contributed by atoms with Gasteiger partial charge >= 0.3 is 0 Å². The fourth-order valence-corrected chi connectivity index (χ4v) is 2.21. The summed E-state index contributed by atoms with van der Waals surface area (Å²) in [5.41, 5.74) is 5.64.